The SMILES string of the molecule is CC(=O)OCCc1ccn2ccnc2c1. The van der Waals surface area contributed by atoms with Crippen LogP contribution < -0.4 is 0 Å². The van der Waals surface area contributed by atoms with Crippen LogP contribution in [0.25, 0.3) is 5.65 Å². The fourth-order valence-electron chi connectivity index (χ4n) is 1.42. The minimum atomic E-state index is -0.239. The molecule has 0 fully saturated rings. The van der Waals surface area contributed by atoms with Crippen molar-refractivity contribution in [1.82, 2.24) is 9.38 Å². The van der Waals surface area contributed by atoms with Crippen LogP contribution in [0.5, 0.6) is 0 Å². The van der Waals surface area contributed by atoms with Crippen molar-refractivity contribution in [2.75, 3.05) is 6.61 Å². The molecule has 78 valence electrons. The third kappa shape index (κ3) is 2.34. The lowest BCUT2D eigenvalue weighted by Crippen LogP contribution is -2.03. The summed E-state index contributed by atoms with van der Waals surface area (Å²) < 4.78 is 6.81. The maximum absolute atomic E-state index is 10.6. The fraction of sp³-hybridized carbons (Fsp3) is 0.273. The molecule has 0 radical (unpaired) electrons. The number of esters is 1. The summed E-state index contributed by atoms with van der Waals surface area (Å²) in [6.45, 7) is 1.84. The standard InChI is InChI=1S/C11H12N2O2/c1-9(14)15-7-3-10-2-5-13-6-4-12-11(13)8-10/h2,4-6,8H,3,7H2,1H3. The molecule has 0 saturated carbocycles. The average Bonchev–Trinajstić information content (AvgIpc) is 2.64. The van der Waals surface area contributed by atoms with E-state index in [1.807, 2.05) is 28.9 Å². The molecule has 0 unspecified atom stereocenters. The third-order valence-corrected chi connectivity index (χ3v) is 2.16. The zero-order valence-electron chi connectivity index (χ0n) is 8.51. The lowest BCUT2D eigenvalue weighted by atomic mass is 10.2. The Hall–Kier alpha value is -1.84. The normalized spacial score (nSPS) is 10.5. The second kappa shape index (κ2) is 4.13. The number of aromatic nitrogens is 2. The third-order valence-electron chi connectivity index (χ3n) is 2.16. The number of rotatable bonds is 3. The number of imidazole rings is 1. The highest BCUT2D eigenvalue weighted by atomic mass is 16.5. The van der Waals surface area contributed by atoms with Gasteiger partial charge >= 0.3 is 5.97 Å². The quantitative estimate of drug-likeness (QED) is 0.710. The highest BCUT2D eigenvalue weighted by Crippen LogP contribution is 2.06. The van der Waals surface area contributed by atoms with Crippen LogP contribution in [-0.2, 0) is 16.0 Å². The van der Waals surface area contributed by atoms with Crippen LogP contribution in [0.1, 0.15) is 12.5 Å². The largest absolute Gasteiger partial charge is 0.466 e. The number of nitrogens with zero attached hydrogens (tertiary/aromatic N) is 2. The molecule has 4 nitrogen and oxygen atoms in total. The minimum absolute atomic E-state index is 0.239. The molecule has 0 atom stereocenters. The second-order valence-corrected chi connectivity index (χ2v) is 3.32. The van der Waals surface area contributed by atoms with Crippen molar-refractivity contribution in [3.8, 4) is 0 Å². The van der Waals surface area contributed by atoms with Gasteiger partial charge in [-0.05, 0) is 17.7 Å². The van der Waals surface area contributed by atoms with E-state index in [1.54, 1.807) is 6.20 Å². The molecule has 0 amide bonds. The van der Waals surface area contributed by atoms with E-state index in [0.717, 1.165) is 17.6 Å². The van der Waals surface area contributed by atoms with Crippen LogP contribution in [0.2, 0.25) is 0 Å². The van der Waals surface area contributed by atoms with Crippen molar-refractivity contribution in [3.05, 3.63) is 36.3 Å². The van der Waals surface area contributed by atoms with E-state index in [9.17, 15) is 4.79 Å². The van der Waals surface area contributed by atoms with Crippen molar-refractivity contribution in [2.24, 2.45) is 0 Å². The van der Waals surface area contributed by atoms with Crippen LogP contribution >= 0.6 is 0 Å². The zero-order valence-corrected chi connectivity index (χ0v) is 8.51. The van der Waals surface area contributed by atoms with Gasteiger partial charge in [0.25, 0.3) is 0 Å². The summed E-state index contributed by atoms with van der Waals surface area (Å²) >= 11 is 0. The van der Waals surface area contributed by atoms with Gasteiger partial charge in [-0.2, -0.15) is 0 Å². The summed E-state index contributed by atoms with van der Waals surface area (Å²) in [6.07, 6.45) is 6.32. The topological polar surface area (TPSA) is 43.6 Å². The molecule has 2 heterocycles. The second-order valence-electron chi connectivity index (χ2n) is 3.32. The summed E-state index contributed by atoms with van der Waals surface area (Å²) in [4.78, 5) is 14.7. The molecular formula is C11H12N2O2. The summed E-state index contributed by atoms with van der Waals surface area (Å²) in [5, 5.41) is 0. The predicted octanol–water partition coefficient (Wildman–Crippen LogP) is 1.44. The van der Waals surface area contributed by atoms with Gasteiger partial charge < -0.3 is 9.14 Å². The smallest absolute Gasteiger partial charge is 0.302 e. The molecule has 4 heteroatoms. The molecular weight excluding hydrogens is 192 g/mol. The summed E-state index contributed by atoms with van der Waals surface area (Å²) in [7, 11) is 0. The lowest BCUT2D eigenvalue weighted by Gasteiger charge is -2.02. The number of carbonyl (C=O) groups excluding carboxylic acids is 1. The maximum Gasteiger partial charge on any atom is 0.302 e. The Labute approximate surface area is 87.5 Å². The Balaban J connectivity index is 2.04. The van der Waals surface area contributed by atoms with Crippen LogP contribution in [0, 0.1) is 0 Å². The van der Waals surface area contributed by atoms with Crippen LogP contribution in [0.4, 0.5) is 0 Å². The van der Waals surface area contributed by atoms with E-state index in [0.29, 0.717) is 6.61 Å². The maximum atomic E-state index is 10.6. The molecule has 2 rings (SSSR count). The van der Waals surface area contributed by atoms with Gasteiger partial charge in [-0.15, -0.1) is 0 Å². The van der Waals surface area contributed by atoms with Gasteiger partial charge in [-0.25, -0.2) is 4.98 Å². The van der Waals surface area contributed by atoms with Crippen LogP contribution in [0.3, 0.4) is 0 Å². The van der Waals surface area contributed by atoms with E-state index in [-0.39, 0.29) is 5.97 Å². The molecule has 0 N–H and O–H groups in total. The zero-order chi connectivity index (χ0) is 10.7. The first kappa shape index (κ1) is 9.71. The van der Waals surface area contributed by atoms with Crippen molar-refractivity contribution in [3.63, 3.8) is 0 Å². The Kier molecular flexibility index (Phi) is 2.67. The number of fused-ring (bicyclic) bond motifs is 1. The average molecular weight is 204 g/mol. The van der Waals surface area contributed by atoms with E-state index in [4.69, 9.17) is 4.74 Å². The fourth-order valence-corrected chi connectivity index (χ4v) is 1.42. The first-order valence-electron chi connectivity index (χ1n) is 4.80. The van der Waals surface area contributed by atoms with Gasteiger partial charge in [0.1, 0.15) is 5.65 Å². The van der Waals surface area contributed by atoms with Gasteiger partial charge in [0.05, 0.1) is 6.61 Å². The molecule has 0 aromatic carbocycles. The minimum Gasteiger partial charge on any atom is -0.466 e. The predicted molar refractivity (Wildman–Crippen MR) is 55.5 cm³/mol. The van der Waals surface area contributed by atoms with Crippen molar-refractivity contribution in [2.45, 2.75) is 13.3 Å². The Morgan fingerprint density at radius 3 is 3.20 bits per heavy atom. The number of hydrogen-bond acceptors (Lipinski definition) is 3. The molecule has 0 aliphatic heterocycles. The van der Waals surface area contributed by atoms with Crippen molar-refractivity contribution >= 4 is 11.6 Å². The molecule has 0 aliphatic rings. The molecule has 0 saturated heterocycles. The highest BCUT2D eigenvalue weighted by Gasteiger charge is 1.98. The van der Waals surface area contributed by atoms with Gasteiger partial charge in [0, 0.05) is 31.9 Å². The van der Waals surface area contributed by atoms with Crippen LogP contribution in [-0.4, -0.2) is 22.0 Å². The van der Waals surface area contributed by atoms with Crippen LogP contribution in [0.15, 0.2) is 30.7 Å². The van der Waals surface area contributed by atoms with Gasteiger partial charge in [0.15, 0.2) is 0 Å². The molecule has 2 aromatic heterocycles. The Bertz CT molecular complexity index is 476. The Morgan fingerprint density at radius 2 is 2.40 bits per heavy atom. The molecule has 2 aromatic rings. The molecule has 15 heavy (non-hydrogen) atoms. The highest BCUT2D eigenvalue weighted by molar-refractivity contribution is 5.65. The lowest BCUT2D eigenvalue weighted by molar-refractivity contribution is -0.140. The van der Waals surface area contributed by atoms with E-state index in [2.05, 4.69) is 4.98 Å². The molecule has 0 aliphatic carbocycles. The first-order chi connectivity index (χ1) is 7.25. The van der Waals surface area contributed by atoms with Gasteiger partial charge in [-0.3, -0.25) is 4.79 Å². The van der Waals surface area contributed by atoms with Crippen molar-refractivity contribution < 1.29 is 9.53 Å². The van der Waals surface area contributed by atoms with E-state index in [1.165, 1.54) is 6.92 Å². The van der Waals surface area contributed by atoms with E-state index >= 15 is 0 Å². The van der Waals surface area contributed by atoms with Crippen molar-refractivity contribution in [1.29, 1.82) is 0 Å². The number of pyridine rings is 1. The van der Waals surface area contributed by atoms with Gasteiger partial charge in [-0.1, -0.05) is 0 Å². The summed E-state index contributed by atoms with van der Waals surface area (Å²) in [5.74, 6) is -0.239. The number of ether oxygens (including phenoxy) is 1. The molecule has 0 bridgehead atoms. The Morgan fingerprint density at radius 1 is 1.53 bits per heavy atom. The van der Waals surface area contributed by atoms with Gasteiger partial charge in [0.2, 0.25) is 0 Å². The summed E-state index contributed by atoms with van der Waals surface area (Å²) in [6, 6.07) is 3.99. The number of hydrogen-bond donors (Lipinski definition) is 0. The first-order valence-corrected chi connectivity index (χ1v) is 4.80. The monoisotopic (exact) mass is 204 g/mol. The van der Waals surface area contributed by atoms with E-state index < -0.39 is 0 Å². The summed E-state index contributed by atoms with van der Waals surface area (Å²) in [5.41, 5.74) is 2.03. The number of carbonyl (C=O) groups is 1. The molecule has 0 spiro atoms.